The highest BCUT2D eigenvalue weighted by molar-refractivity contribution is 6.00. The highest BCUT2D eigenvalue weighted by Crippen LogP contribution is 2.37. The Balaban J connectivity index is 1.70. The normalized spacial score (nSPS) is 15.1. The van der Waals surface area contributed by atoms with E-state index in [4.69, 9.17) is 4.74 Å². The quantitative estimate of drug-likeness (QED) is 0.369. The molecule has 0 heterocycles. The molecule has 0 aliphatic heterocycles. The second kappa shape index (κ2) is 11.5. The van der Waals surface area contributed by atoms with Crippen molar-refractivity contribution in [1.29, 1.82) is 0 Å². The van der Waals surface area contributed by atoms with Gasteiger partial charge in [0.05, 0.1) is 0 Å². The van der Waals surface area contributed by atoms with Crippen LogP contribution in [0.4, 0.5) is 10.5 Å². The Kier molecular flexibility index (Phi) is 8.28. The van der Waals surface area contributed by atoms with Gasteiger partial charge in [-0.3, -0.25) is 9.59 Å². The Morgan fingerprint density at radius 3 is 2.15 bits per heavy atom. The van der Waals surface area contributed by atoms with Gasteiger partial charge in [-0.25, -0.2) is 4.79 Å². The van der Waals surface area contributed by atoms with Crippen molar-refractivity contribution in [3.8, 4) is 0 Å². The van der Waals surface area contributed by atoms with Crippen LogP contribution in [0.15, 0.2) is 60.7 Å². The van der Waals surface area contributed by atoms with Crippen LogP contribution in [0.2, 0.25) is 0 Å². The molecular formula is C32H39N3O4. The lowest BCUT2D eigenvalue weighted by molar-refractivity contribution is -0.145. The van der Waals surface area contributed by atoms with Crippen molar-refractivity contribution in [2.24, 2.45) is 0 Å². The predicted molar refractivity (Wildman–Crippen MR) is 155 cm³/mol. The van der Waals surface area contributed by atoms with E-state index in [0.29, 0.717) is 5.69 Å². The minimum absolute atomic E-state index is 0.105. The third kappa shape index (κ3) is 6.59. The lowest BCUT2D eigenvalue weighted by Crippen LogP contribution is -2.56. The zero-order valence-electron chi connectivity index (χ0n) is 23.7. The Bertz CT molecular complexity index is 1350. The molecule has 0 aromatic heterocycles. The van der Waals surface area contributed by atoms with Gasteiger partial charge in [0.25, 0.3) is 5.91 Å². The number of carbonyl (C=O) groups excluding carboxylic acids is 3. The average molecular weight is 530 g/mol. The summed E-state index contributed by atoms with van der Waals surface area (Å²) in [6, 6.07) is 17.8. The van der Waals surface area contributed by atoms with Crippen LogP contribution in [0, 0.1) is 13.8 Å². The van der Waals surface area contributed by atoms with Gasteiger partial charge in [0.2, 0.25) is 5.91 Å². The van der Waals surface area contributed by atoms with E-state index in [0.717, 1.165) is 46.7 Å². The number of nitrogens with zero attached hydrogens (tertiary/aromatic N) is 1. The molecular weight excluding hydrogens is 490 g/mol. The van der Waals surface area contributed by atoms with Crippen molar-refractivity contribution in [2.75, 3.05) is 5.32 Å². The average Bonchev–Trinajstić information content (AvgIpc) is 2.82. The fraction of sp³-hybridized carbons (Fsp3) is 0.406. The van der Waals surface area contributed by atoms with Gasteiger partial charge in [0.1, 0.15) is 17.7 Å². The summed E-state index contributed by atoms with van der Waals surface area (Å²) >= 11 is 0. The summed E-state index contributed by atoms with van der Waals surface area (Å²) in [5, 5.41) is 7.87. The van der Waals surface area contributed by atoms with Crippen LogP contribution >= 0.6 is 0 Å². The number of alkyl carbamates (subject to hydrolysis) is 1. The maximum Gasteiger partial charge on any atom is 0.408 e. The summed E-state index contributed by atoms with van der Waals surface area (Å²) < 4.78 is 5.38. The molecule has 3 amide bonds. The smallest absolute Gasteiger partial charge is 0.408 e. The largest absolute Gasteiger partial charge is 0.444 e. The van der Waals surface area contributed by atoms with Crippen molar-refractivity contribution < 1.29 is 19.1 Å². The molecule has 4 rings (SSSR count). The molecule has 0 spiro atoms. The third-order valence-corrected chi connectivity index (χ3v) is 7.19. The predicted octanol–water partition coefficient (Wildman–Crippen LogP) is 6.43. The van der Waals surface area contributed by atoms with Gasteiger partial charge in [-0.2, -0.15) is 0 Å². The van der Waals surface area contributed by atoms with Crippen LogP contribution in [0.3, 0.4) is 0 Å². The number of rotatable bonds is 7. The summed E-state index contributed by atoms with van der Waals surface area (Å²) in [5.41, 5.74) is 2.63. The number of hydrogen-bond donors (Lipinski definition) is 2. The van der Waals surface area contributed by atoms with Gasteiger partial charge < -0.3 is 20.3 Å². The van der Waals surface area contributed by atoms with Crippen LogP contribution in [0.25, 0.3) is 10.8 Å². The summed E-state index contributed by atoms with van der Waals surface area (Å²) in [4.78, 5) is 42.4. The van der Waals surface area contributed by atoms with Crippen LogP contribution in [-0.4, -0.2) is 40.5 Å². The van der Waals surface area contributed by atoms with E-state index in [9.17, 15) is 14.4 Å². The van der Waals surface area contributed by atoms with E-state index in [1.807, 2.05) is 74.5 Å². The minimum atomic E-state index is -0.874. The summed E-state index contributed by atoms with van der Waals surface area (Å²) in [5.74, 6) is -0.598. The molecule has 1 aliphatic rings. The summed E-state index contributed by atoms with van der Waals surface area (Å²) in [6.07, 6.45) is 1.92. The number of hydrogen-bond acceptors (Lipinski definition) is 4. The van der Waals surface area contributed by atoms with Crippen LogP contribution in [0.5, 0.6) is 0 Å². The van der Waals surface area contributed by atoms with Crippen molar-refractivity contribution in [3.05, 3.63) is 77.4 Å². The van der Waals surface area contributed by atoms with Crippen molar-refractivity contribution in [1.82, 2.24) is 10.2 Å². The highest BCUT2D eigenvalue weighted by atomic mass is 16.6. The fourth-order valence-corrected chi connectivity index (χ4v) is 5.09. The second-order valence-corrected chi connectivity index (χ2v) is 11.5. The van der Waals surface area contributed by atoms with Crippen LogP contribution < -0.4 is 10.6 Å². The van der Waals surface area contributed by atoms with E-state index in [1.165, 1.54) is 0 Å². The SMILES string of the molecule is Cc1cccc(C)c1C(C(=O)Nc1ccc2ccccc2c1)N(C(=O)C(C)NC(=O)OC(C)(C)C)C1CCC1. The molecule has 0 bridgehead atoms. The number of aryl methyl sites for hydroxylation is 2. The van der Waals surface area contributed by atoms with E-state index in [1.54, 1.807) is 32.6 Å². The maximum atomic E-state index is 14.2. The van der Waals surface area contributed by atoms with Gasteiger partial charge in [-0.05, 0) is 100 Å². The first-order valence-electron chi connectivity index (χ1n) is 13.6. The molecule has 1 aliphatic carbocycles. The maximum absolute atomic E-state index is 14.2. The molecule has 3 aromatic rings. The third-order valence-electron chi connectivity index (χ3n) is 7.19. The van der Waals surface area contributed by atoms with Crippen molar-refractivity contribution in [3.63, 3.8) is 0 Å². The summed E-state index contributed by atoms with van der Waals surface area (Å²) in [7, 11) is 0. The van der Waals surface area contributed by atoms with Gasteiger partial charge in [0.15, 0.2) is 0 Å². The molecule has 1 fully saturated rings. The van der Waals surface area contributed by atoms with E-state index in [-0.39, 0.29) is 17.9 Å². The lowest BCUT2D eigenvalue weighted by atomic mass is 9.86. The van der Waals surface area contributed by atoms with Gasteiger partial charge in [-0.15, -0.1) is 0 Å². The van der Waals surface area contributed by atoms with Crippen molar-refractivity contribution >= 4 is 34.4 Å². The molecule has 206 valence electrons. The number of amides is 3. The van der Waals surface area contributed by atoms with Crippen molar-refractivity contribution in [2.45, 2.75) is 84.5 Å². The van der Waals surface area contributed by atoms with E-state index >= 15 is 0 Å². The molecule has 3 aromatic carbocycles. The monoisotopic (exact) mass is 529 g/mol. The number of fused-ring (bicyclic) bond motifs is 1. The topological polar surface area (TPSA) is 87.7 Å². The Hall–Kier alpha value is -3.87. The molecule has 0 saturated heterocycles. The highest BCUT2D eigenvalue weighted by Gasteiger charge is 2.42. The fourth-order valence-electron chi connectivity index (χ4n) is 5.09. The Morgan fingerprint density at radius 2 is 1.56 bits per heavy atom. The summed E-state index contributed by atoms with van der Waals surface area (Å²) in [6.45, 7) is 10.9. The van der Waals surface area contributed by atoms with E-state index < -0.39 is 23.8 Å². The second-order valence-electron chi connectivity index (χ2n) is 11.5. The van der Waals surface area contributed by atoms with Gasteiger partial charge >= 0.3 is 6.09 Å². The molecule has 39 heavy (non-hydrogen) atoms. The van der Waals surface area contributed by atoms with E-state index in [2.05, 4.69) is 10.6 Å². The number of anilines is 1. The first-order chi connectivity index (χ1) is 18.4. The molecule has 2 unspecified atom stereocenters. The Morgan fingerprint density at radius 1 is 0.923 bits per heavy atom. The first kappa shape index (κ1) is 28.1. The number of nitrogens with one attached hydrogen (secondary N) is 2. The minimum Gasteiger partial charge on any atom is -0.444 e. The number of ether oxygens (including phenoxy) is 1. The molecule has 7 heteroatoms. The number of benzene rings is 3. The first-order valence-corrected chi connectivity index (χ1v) is 13.6. The molecule has 7 nitrogen and oxygen atoms in total. The molecule has 2 atom stereocenters. The molecule has 0 radical (unpaired) electrons. The zero-order valence-corrected chi connectivity index (χ0v) is 23.7. The Labute approximate surface area is 230 Å². The standard InChI is InChI=1S/C32H39N3O4/c1-20-11-9-12-21(2)27(20)28(29(36)34-25-18-17-23-13-7-8-14-24(23)19-25)35(26-15-10-16-26)30(37)22(3)33-31(38)39-32(4,5)6/h7-9,11-14,17-19,22,26,28H,10,15-16H2,1-6H3,(H,33,38)(H,34,36). The van der Waals surface area contributed by atoms with Gasteiger partial charge in [0, 0.05) is 11.7 Å². The molecule has 1 saturated carbocycles. The zero-order chi connectivity index (χ0) is 28.3. The van der Waals surface area contributed by atoms with Crippen LogP contribution in [0.1, 0.15) is 69.7 Å². The van der Waals surface area contributed by atoms with Crippen LogP contribution in [-0.2, 0) is 14.3 Å². The van der Waals surface area contributed by atoms with Gasteiger partial charge in [-0.1, -0.05) is 48.5 Å². The molecule has 2 N–H and O–H groups in total. The lowest BCUT2D eigenvalue weighted by Gasteiger charge is -2.44. The number of carbonyl (C=O) groups is 3.